The Morgan fingerprint density at radius 3 is 2.56 bits per heavy atom. The van der Waals surface area contributed by atoms with Crippen molar-refractivity contribution in [1.29, 1.82) is 0 Å². The smallest absolute Gasteiger partial charge is 0.289 e. The highest BCUT2D eigenvalue weighted by Gasteiger charge is 2.24. The van der Waals surface area contributed by atoms with E-state index in [1.54, 1.807) is 13.2 Å². The number of hydrogen-bond donors (Lipinski definition) is 0. The molecule has 2 heterocycles. The van der Waals surface area contributed by atoms with Crippen LogP contribution in [0.2, 0.25) is 0 Å². The molecule has 1 aromatic heterocycles. The normalized spacial score (nSPS) is 14.3. The number of benzene rings is 3. The highest BCUT2D eigenvalue weighted by Crippen LogP contribution is 2.26. The molecule has 1 saturated heterocycles. The molecule has 6 nitrogen and oxygen atoms in total. The number of piperazine rings is 1. The average molecular weight is 457 g/mol. The van der Waals surface area contributed by atoms with Gasteiger partial charge in [-0.2, -0.15) is 0 Å². The van der Waals surface area contributed by atoms with Crippen LogP contribution in [0.3, 0.4) is 0 Å². The van der Waals surface area contributed by atoms with Crippen molar-refractivity contribution in [3.8, 4) is 11.5 Å². The lowest BCUT2D eigenvalue weighted by atomic mass is 10.1. The summed E-state index contributed by atoms with van der Waals surface area (Å²) in [6, 6.07) is 25.8. The minimum atomic E-state index is -0.0718. The summed E-state index contributed by atoms with van der Waals surface area (Å²) >= 11 is 0. The van der Waals surface area contributed by atoms with Crippen molar-refractivity contribution in [2.45, 2.75) is 13.2 Å². The summed E-state index contributed by atoms with van der Waals surface area (Å²) < 4.78 is 17.1. The molecule has 1 aliphatic rings. The van der Waals surface area contributed by atoms with Crippen LogP contribution in [0.5, 0.6) is 11.5 Å². The first kappa shape index (κ1) is 22.0. The van der Waals surface area contributed by atoms with Crippen LogP contribution in [0.1, 0.15) is 21.9 Å². The second-order valence-electron chi connectivity index (χ2n) is 8.45. The summed E-state index contributed by atoms with van der Waals surface area (Å²) in [5, 5.41) is 2.18. The highest BCUT2D eigenvalue weighted by molar-refractivity contribution is 5.91. The minimum Gasteiger partial charge on any atom is -0.497 e. The fourth-order valence-electron chi connectivity index (χ4n) is 4.33. The van der Waals surface area contributed by atoms with Gasteiger partial charge in [0.05, 0.1) is 7.11 Å². The van der Waals surface area contributed by atoms with E-state index in [1.807, 2.05) is 53.4 Å². The second-order valence-corrected chi connectivity index (χ2v) is 8.45. The third-order valence-corrected chi connectivity index (χ3v) is 6.19. The number of hydrogen-bond acceptors (Lipinski definition) is 5. The first-order valence-corrected chi connectivity index (χ1v) is 11.5. The van der Waals surface area contributed by atoms with Crippen LogP contribution < -0.4 is 9.47 Å². The summed E-state index contributed by atoms with van der Waals surface area (Å²) in [5.74, 6) is 2.59. The van der Waals surface area contributed by atoms with Gasteiger partial charge in [-0.05, 0) is 41.3 Å². The maximum absolute atomic E-state index is 13.0. The Balaban J connectivity index is 1.15. The number of methoxy groups -OCH3 is 1. The Morgan fingerprint density at radius 2 is 1.71 bits per heavy atom. The molecular weight excluding hydrogens is 428 g/mol. The molecule has 1 fully saturated rings. The predicted molar refractivity (Wildman–Crippen MR) is 131 cm³/mol. The van der Waals surface area contributed by atoms with E-state index < -0.39 is 0 Å². The summed E-state index contributed by atoms with van der Waals surface area (Å²) in [5.41, 5.74) is 1.21. The van der Waals surface area contributed by atoms with Crippen LogP contribution in [0.15, 0.2) is 83.3 Å². The van der Waals surface area contributed by atoms with Gasteiger partial charge >= 0.3 is 0 Å². The van der Waals surface area contributed by atoms with Gasteiger partial charge in [-0.15, -0.1) is 0 Å². The van der Waals surface area contributed by atoms with E-state index in [1.165, 1.54) is 5.56 Å². The quantitative estimate of drug-likeness (QED) is 0.393. The number of furan rings is 1. The van der Waals surface area contributed by atoms with E-state index in [0.717, 1.165) is 41.9 Å². The van der Waals surface area contributed by atoms with Crippen LogP contribution in [0.4, 0.5) is 0 Å². The molecule has 0 aliphatic carbocycles. The van der Waals surface area contributed by atoms with E-state index in [-0.39, 0.29) is 12.5 Å². The van der Waals surface area contributed by atoms with E-state index >= 15 is 0 Å². The number of amides is 1. The summed E-state index contributed by atoms with van der Waals surface area (Å²) in [4.78, 5) is 17.2. The topological polar surface area (TPSA) is 55.2 Å². The van der Waals surface area contributed by atoms with Crippen molar-refractivity contribution in [3.63, 3.8) is 0 Å². The highest BCUT2D eigenvalue weighted by atomic mass is 16.5. The third kappa shape index (κ3) is 4.92. The zero-order valence-electron chi connectivity index (χ0n) is 19.3. The van der Waals surface area contributed by atoms with E-state index in [9.17, 15) is 4.79 Å². The van der Waals surface area contributed by atoms with Gasteiger partial charge in [0.15, 0.2) is 5.76 Å². The molecule has 1 amide bonds. The van der Waals surface area contributed by atoms with Crippen molar-refractivity contribution in [2.75, 3.05) is 33.3 Å². The van der Waals surface area contributed by atoms with Gasteiger partial charge in [0.25, 0.3) is 5.91 Å². The molecule has 1 aliphatic heterocycles. The molecule has 0 saturated carbocycles. The Bertz CT molecular complexity index is 1270. The summed E-state index contributed by atoms with van der Waals surface area (Å²) in [6.45, 7) is 4.10. The summed E-state index contributed by atoms with van der Waals surface area (Å²) in [6.07, 6.45) is 0. The van der Waals surface area contributed by atoms with E-state index in [4.69, 9.17) is 13.9 Å². The van der Waals surface area contributed by atoms with Gasteiger partial charge in [0.2, 0.25) is 0 Å². The SMILES string of the molecule is COc1cccc(CN2CCN(C(=O)c3ccc(COc4cccc5ccccc45)o3)CC2)c1. The average Bonchev–Trinajstić information content (AvgIpc) is 3.37. The van der Waals surface area contributed by atoms with Crippen molar-refractivity contribution < 1.29 is 18.7 Å². The van der Waals surface area contributed by atoms with Crippen LogP contribution in [0, 0.1) is 0 Å². The predicted octanol–water partition coefficient (Wildman–Crippen LogP) is 4.98. The monoisotopic (exact) mass is 456 g/mol. The molecule has 0 bridgehead atoms. The zero-order chi connectivity index (χ0) is 23.3. The van der Waals surface area contributed by atoms with E-state index in [0.29, 0.717) is 24.6 Å². The molecule has 4 aromatic rings. The lowest BCUT2D eigenvalue weighted by Gasteiger charge is -2.34. The molecule has 0 N–H and O–H groups in total. The molecule has 34 heavy (non-hydrogen) atoms. The van der Waals surface area contributed by atoms with Crippen molar-refractivity contribution in [1.82, 2.24) is 9.80 Å². The lowest BCUT2D eigenvalue weighted by Crippen LogP contribution is -2.48. The maximum Gasteiger partial charge on any atom is 0.289 e. The number of rotatable bonds is 7. The van der Waals surface area contributed by atoms with Crippen LogP contribution in [0.25, 0.3) is 10.8 Å². The van der Waals surface area contributed by atoms with Gasteiger partial charge in [-0.25, -0.2) is 0 Å². The number of fused-ring (bicyclic) bond motifs is 1. The largest absolute Gasteiger partial charge is 0.497 e. The van der Waals surface area contributed by atoms with Crippen LogP contribution in [-0.2, 0) is 13.2 Å². The molecule has 3 aromatic carbocycles. The Kier molecular flexibility index (Phi) is 6.49. The van der Waals surface area contributed by atoms with Crippen molar-refractivity contribution in [2.24, 2.45) is 0 Å². The molecule has 6 heteroatoms. The number of carbonyl (C=O) groups excluding carboxylic acids is 1. The molecule has 0 spiro atoms. The van der Waals surface area contributed by atoms with Gasteiger partial charge in [-0.1, -0.05) is 48.5 Å². The zero-order valence-corrected chi connectivity index (χ0v) is 19.3. The third-order valence-electron chi connectivity index (χ3n) is 6.19. The summed E-state index contributed by atoms with van der Waals surface area (Å²) in [7, 11) is 1.68. The van der Waals surface area contributed by atoms with Crippen molar-refractivity contribution in [3.05, 3.63) is 95.9 Å². The molecule has 5 rings (SSSR count). The molecule has 0 radical (unpaired) electrons. The fraction of sp³-hybridized carbons (Fsp3) is 0.250. The van der Waals surface area contributed by atoms with Gasteiger partial charge in [0.1, 0.15) is 23.9 Å². The number of nitrogens with zero attached hydrogens (tertiary/aromatic N) is 2. The maximum atomic E-state index is 13.0. The number of carbonyl (C=O) groups is 1. The van der Waals surface area contributed by atoms with Crippen LogP contribution in [-0.4, -0.2) is 49.0 Å². The lowest BCUT2D eigenvalue weighted by molar-refractivity contribution is 0.0594. The van der Waals surface area contributed by atoms with Crippen molar-refractivity contribution >= 4 is 16.7 Å². The second kappa shape index (κ2) is 10.0. The first-order chi connectivity index (χ1) is 16.7. The van der Waals surface area contributed by atoms with Gasteiger partial charge < -0.3 is 18.8 Å². The Morgan fingerprint density at radius 1 is 0.912 bits per heavy atom. The molecule has 174 valence electrons. The minimum absolute atomic E-state index is 0.0718. The van der Waals surface area contributed by atoms with E-state index in [2.05, 4.69) is 29.2 Å². The van der Waals surface area contributed by atoms with Crippen LogP contribution >= 0.6 is 0 Å². The molecular formula is C28H28N2O4. The Labute approximate surface area is 199 Å². The number of ether oxygens (including phenoxy) is 2. The standard InChI is InChI=1S/C28H28N2O4/c1-32-23-9-4-6-21(18-23)19-29-14-16-30(17-15-29)28(31)27-13-12-24(34-27)20-33-26-11-5-8-22-7-2-3-10-25(22)26/h2-13,18H,14-17,19-20H2,1H3. The Hall–Kier alpha value is -3.77. The van der Waals surface area contributed by atoms with Gasteiger partial charge in [-0.3, -0.25) is 9.69 Å². The molecule has 0 atom stereocenters. The fourth-order valence-corrected chi connectivity index (χ4v) is 4.33. The first-order valence-electron chi connectivity index (χ1n) is 11.5. The van der Waals surface area contributed by atoms with Gasteiger partial charge in [0, 0.05) is 38.1 Å². The molecule has 0 unspecified atom stereocenters.